The Morgan fingerprint density at radius 3 is 2.70 bits per heavy atom. The second-order valence-corrected chi connectivity index (χ2v) is 20.7. The molecular formula is C34H47FN6O4Si. The number of halogens is 1. The molecule has 12 heteroatoms. The summed E-state index contributed by atoms with van der Waals surface area (Å²) in [6, 6.07) is 5.71. The number of carbonyl (C=O) groups excluding carboxylic acids is 1. The van der Waals surface area contributed by atoms with Gasteiger partial charge in [0.25, 0.3) is 0 Å². The monoisotopic (exact) mass is 650 g/mol. The average molecular weight is 651 g/mol. The van der Waals surface area contributed by atoms with Crippen LogP contribution in [0.4, 0.5) is 15.0 Å². The number of benzene rings is 1. The standard InChI is InChI=1S/C34H47FN6O4Si/c1-33(2,3)45-32(42)38-30-26-8-7-25(35)19-24(26)20-34(30)11-13-40(14-12-34)27-21-36-29-28(23-9-15-43-16-10-23)39-41(31(29)37-27)22-44-17-18-46(4,5)6/h7-9,19,21,30H,10-18,20,22H2,1-6H3,(H,38,42)/t30-/m1/s1. The van der Waals surface area contributed by atoms with Crippen LogP contribution in [0.1, 0.15) is 62.9 Å². The number of rotatable bonds is 8. The van der Waals surface area contributed by atoms with E-state index >= 15 is 0 Å². The highest BCUT2D eigenvalue weighted by Crippen LogP contribution is 2.52. The van der Waals surface area contributed by atoms with Crippen molar-refractivity contribution in [2.45, 2.75) is 90.5 Å². The van der Waals surface area contributed by atoms with Gasteiger partial charge in [0.1, 0.15) is 35.2 Å². The lowest BCUT2D eigenvalue weighted by molar-refractivity contribution is 0.0428. The molecule has 0 saturated carbocycles. The van der Waals surface area contributed by atoms with E-state index in [9.17, 15) is 9.18 Å². The number of amides is 1. The Balaban J connectivity index is 1.23. The van der Waals surface area contributed by atoms with Crippen LogP contribution in [0.5, 0.6) is 0 Å². The summed E-state index contributed by atoms with van der Waals surface area (Å²) in [7, 11) is -1.23. The fourth-order valence-electron chi connectivity index (χ4n) is 6.79. The molecule has 6 rings (SSSR count). The largest absolute Gasteiger partial charge is 0.444 e. The Morgan fingerprint density at radius 1 is 1.22 bits per heavy atom. The molecular weight excluding hydrogens is 603 g/mol. The first-order valence-electron chi connectivity index (χ1n) is 16.4. The molecule has 3 aromatic rings. The predicted octanol–water partition coefficient (Wildman–Crippen LogP) is 6.49. The van der Waals surface area contributed by atoms with Crippen molar-refractivity contribution in [2.24, 2.45) is 5.41 Å². The molecule has 1 N–H and O–H groups in total. The molecule has 3 aliphatic rings. The van der Waals surface area contributed by atoms with E-state index in [-0.39, 0.29) is 17.3 Å². The third-order valence-corrected chi connectivity index (χ3v) is 10.9. The average Bonchev–Trinajstić information content (AvgIpc) is 3.49. The van der Waals surface area contributed by atoms with Crippen LogP contribution in [-0.4, -0.2) is 72.4 Å². The lowest BCUT2D eigenvalue weighted by Gasteiger charge is -2.43. The van der Waals surface area contributed by atoms with Crippen molar-refractivity contribution < 1.29 is 23.4 Å². The molecule has 10 nitrogen and oxygen atoms in total. The molecule has 1 fully saturated rings. The van der Waals surface area contributed by atoms with Crippen molar-refractivity contribution in [1.82, 2.24) is 25.1 Å². The molecule has 2 aliphatic heterocycles. The number of hydrogen-bond acceptors (Lipinski definition) is 8. The number of hydrogen-bond donors (Lipinski definition) is 1. The van der Waals surface area contributed by atoms with Crippen molar-refractivity contribution in [3.8, 4) is 0 Å². The number of aromatic nitrogens is 4. The van der Waals surface area contributed by atoms with Crippen molar-refractivity contribution >= 4 is 36.7 Å². The summed E-state index contributed by atoms with van der Waals surface area (Å²) in [6.07, 6.45) is 6.53. The zero-order valence-corrected chi connectivity index (χ0v) is 29.0. The van der Waals surface area contributed by atoms with E-state index < -0.39 is 19.8 Å². The SMILES string of the molecule is CC(C)(C)OC(=O)N[C@@H]1c2ccc(F)cc2CC12CCN(c1cnc3c(C4=CCOCC4)nn(COCC[Si](C)(C)C)c3n1)CC2. The summed E-state index contributed by atoms with van der Waals surface area (Å²) in [5, 5.41) is 8.09. The van der Waals surface area contributed by atoms with Gasteiger partial charge in [-0.1, -0.05) is 31.8 Å². The zero-order valence-electron chi connectivity index (χ0n) is 28.0. The number of ether oxygens (including phenoxy) is 3. The van der Waals surface area contributed by atoms with Gasteiger partial charge < -0.3 is 24.4 Å². The van der Waals surface area contributed by atoms with Crippen LogP contribution in [0.15, 0.2) is 30.5 Å². The minimum Gasteiger partial charge on any atom is -0.444 e. The number of nitrogens with one attached hydrogen (secondary N) is 1. The van der Waals surface area contributed by atoms with E-state index in [0.717, 1.165) is 72.1 Å². The molecule has 1 atom stereocenters. The molecule has 1 saturated heterocycles. The van der Waals surface area contributed by atoms with E-state index in [2.05, 4.69) is 35.9 Å². The lowest BCUT2D eigenvalue weighted by Crippen LogP contribution is -2.48. The van der Waals surface area contributed by atoms with Gasteiger partial charge in [0.05, 0.1) is 25.5 Å². The van der Waals surface area contributed by atoms with E-state index in [1.165, 1.54) is 6.07 Å². The van der Waals surface area contributed by atoms with Crippen LogP contribution in [0.25, 0.3) is 16.7 Å². The third kappa shape index (κ3) is 7.13. The van der Waals surface area contributed by atoms with Crippen LogP contribution >= 0.6 is 0 Å². The number of fused-ring (bicyclic) bond motifs is 2. The summed E-state index contributed by atoms with van der Waals surface area (Å²) in [4.78, 5) is 25.2. The van der Waals surface area contributed by atoms with Gasteiger partial charge in [-0.25, -0.2) is 23.8 Å². The first-order valence-corrected chi connectivity index (χ1v) is 20.1. The Kier molecular flexibility index (Phi) is 8.99. The summed E-state index contributed by atoms with van der Waals surface area (Å²) in [5.41, 5.74) is 4.50. The molecule has 4 heterocycles. The van der Waals surface area contributed by atoms with Crippen molar-refractivity contribution in [3.05, 3.63) is 53.1 Å². The predicted molar refractivity (Wildman–Crippen MR) is 179 cm³/mol. The van der Waals surface area contributed by atoms with Crippen LogP contribution in [-0.2, 0) is 27.4 Å². The fourth-order valence-corrected chi connectivity index (χ4v) is 7.54. The second-order valence-electron chi connectivity index (χ2n) is 15.1. The summed E-state index contributed by atoms with van der Waals surface area (Å²) >= 11 is 0. The summed E-state index contributed by atoms with van der Waals surface area (Å²) in [5.74, 6) is 0.529. The first-order chi connectivity index (χ1) is 21.8. The molecule has 46 heavy (non-hydrogen) atoms. The molecule has 1 amide bonds. The Hall–Kier alpha value is -3.35. The van der Waals surface area contributed by atoms with Crippen LogP contribution < -0.4 is 10.2 Å². The number of nitrogens with zero attached hydrogens (tertiary/aromatic N) is 5. The van der Waals surface area contributed by atoms with Gasteiger partial charge in [-0.3, -0.25) is 0 Å². The van der Waals surface area contributed by atoms with Crippen molar-refractivity contribution in [3.63, 3.8) is 0 Å². The number of carbonyl (C=O) groups is 1. The normalized spacial score (nSPS) is 19.8. The highest BCUT2D eigenvalue weighted by Gasteiger charge is 2.49. The molecule has 0 unspecified atom stereocenters. The minimum atomic E-state index is -1.23. The smallest absolute Gasteiger partial charge is 0.408 e. The van der Waals surface area contributed by atoms with E-state index in [1.807, 2.05) is 37.7 Å². The first kappa shape index (κ1) is 32.6. The number of piperidine rings is 1. The van der Waals surface area contributed by atoms with Gasteiger partial charge in [-0.2, -0.15) is 5.10 Å². The molecule has 0 bridgehead atoms. The molecule has 248 valence electrons. The highest BCUT2D eigenvalue weighted by atomic mass is 28.3. The van der Waals surface area contributed by atoms with Crippen LogP contribution in [0, 0.1) is 11.2 Å². The molecule has 1 aromatic carbocycles. The Bertz CT molecular complexity index is 1620. The van der Waals surface area contributed by atoms with Gasteiger partial charge in [0, 0.05) is 33.2 Å². The molecule has 0 radical (unpaired) electrons. The highest BCUT2D eigenvalue weighted by molar-refractivity contribution is 6.76. The van der Waals surface area contributed by atoms with Gasteiger partial charge in [-0.15, -0.1) is 0 Å². The third-order valence-electron chi connectivity index (χ3n) is 9.22. The molecule has 1 spiro atoms. The van der Waals surface area contributed by atoms with E-state index in [4.69, 9.17) is 29.3 Å². The maximum absolute atomic E-state index is 14.3. The maximum atomic E-state index is 14.3. The van der Waals surface area contributed by atoms with Crippen LogP contribution in [0.3, 0.4) is 0 Å². The molecule has 2 aromatic heterocycles. The summed E-state index contributed by atoms with van der Waals surface area (Å²) < 4.78 is 33.4. The van der Waals surface area contributed by atoms with Gasteiger partial charge in [0.2, 0.25) is 0 Å². The van der Waals surface area contributed by atoms with Crippen molar-refractivity contribution in [2.75, 3.05) is 37.8 Å². The number of alkyl carbamates (subject to hydrolysis) is 1. The minimum absolute atomic E-state index is 0.254. The Morgan fingerprint density at radius 2 is 2.00 bits per heavy atom. The summed E-state index contributed by atoms with van der Waals surface area (Å²) in [6.45, 7) is 16.3. The van der Waals surface area contributed by atoms with Gasteiger partial charge in [-0.05, 0) is 81.3 Å². The van der Waals surface area contributed by atoms with E-state index in [1.54, 1.807) is 6.07 Å². The van der Waals surface area contributed by atoms with Gasteiger partial charge in [0.15, 0.2) is 5.65 Å². The lowest BCUT2D eigenvalue weighted by atomic mass is 9.72. The number of anilines is 1. The van der Waals surface area contributed by atoms with Crippen molar-refractivity contribution in [1.29, 1.82) is 0 Å². The second kappa shape index (κ2) is 12.7. The van der Waals surface area contributed by atoms with Gasteiger partial charge >= 0.3 is 6.09 Å². The Labute approximate surface area is 271 Å². The maximum Gasteiger partial charge on any atom is 0.408 e. The fraction of sp³-hybridized carbons (Fsp3) is 0.588. The van der Waals surface area contributed by atoms with E-state index in [0.29, 0.717) is 38.6 Å². The quantitative estimate of drug-likeness (QED) is 0.218. The molecule has 1 aliphatic carbocycles. The topological polar surface area (TPSA) is 104 Å². The van der Waals surface area contributed by atoms with Crippen LogP contribution in [0.2, 0.25) is 25.7 Å². The zero-order chi connectivity index (χ0) is 32.7.